The maximum atomic E-state index is 12.7. The van der Waals surface area contributed by atoms with Gasteiger partial charge in [0.2, 0.25) is 15.8 Å². The van der Waals surface area contributed by atoms with Gasteiger partial charge in [-0.1, -0.05) is 6.07 Å². The van der Waals surface area contributed by atoms with E-state index in [9.17, 15) is 22.8 Å². The van der Waals surface area contributed by atoms with Crippen molar-refractivity contribution in [3.63, 3.8) is 0 Å². The molecule has 1 unspecified atom stereocenters. The van der Waals surface area contributed by atoms with Gasteiger partial charge in [0.1, 0.15) is 0 Å². The van der Waals surface area contributed by atoms with Gasteiger partial charge in [-0.3, -0.25) is 14.3 Å². The second-order valence-corrected chi connectivity index (χ2v) is 8.30. The van der Waals surface area contributed by atoms with Crippen LogP contribution in [0.2, 0.25) is 0 Å². The van der Waals surface area contributed by atoms with E-state index in [-0.39, 0.29) is 22.7 Å². The number of benzene rings is 1. The lowest BCUT2D eigenvalue weighted by Crippen LogP contribution is -2.25. The van der Waals surface area contributed by atoms with Crippen LogP contribution < -0.4 is 4.72 Å². The van der Waals surface area contributed by atoms with E-state index in [0.29, 0.717) is 16.8 Å². The molecule has 1 atom stereocenters. The molecular formula is C19H22N2O6S. The van der Waals surface area contributed by atoms with Crippen LogP contribution in [0.25, 0.3) is 0 Å². The number of aryl methyl sites for hydroxylation is 1. The van der Waals surface area contributed by atoms with Crippen LogP contribution in [-0.4, -0.2) is 43.3 Å². The van der Waals surface area contributed by atoms with Crippen LogP contribution in [0.1, 0.15) is 56.3 Å². The highest BCUT2D eigenvalue weighted by atomic mass is 32.2. The minimum Gasteiger partial charge on any atom is -0.451 e. The molecule has 0 saturated heterocycles. The molecule has 8 nitrogen and oxygen atoms in total. The number of rotatable bonds is 7. The van der Waals surface area contributed by atoms with Gasteiger partial charge in [0, 0.05) is 16.9 Å². The Hall–Kier alpha value is -2.94. The van der Waals surface area contributed by atoms with E-state index in [4.69, 9.17) is 4.74 Å². The van der Waals surface area contributed by atoms with E-state index < -0.39 is 27.9 Å². The third-order valence-corrected chi connectivity index (χ3v) is 4.70. The number of ketones is 2. The van der Waals surface area contributed by atoms with Crippen LogP contribution >= 0.6 is 0 Å². The van der Waals surface area contributed by atoms with E-state index in [0.717, 1.165) is 6.26 Å². The number of nitrogens with one attached hydrogen (secondary N) is 2. The molecule has 0 bridgehead atoms. The van der Waals surface area contributed by atoms with Crippen molar-refractivity contribution in [1.82, 2.24) is 4.98 Å². The number of carbonyl (C=O) groups is 3. The summed E-state index contributed by atoms with van der Waals surface area (Å²) in [5.74, 6) is -1.40. The summed E-state index contributed by atoms with van der Waals surface area (Å²) in [7, 11) is -3.49. The Morgan fingerprint density at radius 2 is 1.82 bits per heavy atom. The summed E-state index contributed by atoms with van der Waals surface area (Å²) in [6, 6.07) is 5.75. The Morgan fingerprint density at radius 3 is 2.36 bits per heavy atom. The SMILES string of the molecule is CC(=O)c1c(C)[nH]c(C(=O)C(C)OC(=O)c2cccc(NS(C)(=O)=O)c2)c1C. The van der Waals surface area contributed by atoms with E-state index in [1.165, 1.54) is 38.1 Å². The zero-order valence-corrected chi connectivity index (χ0v) is 17.1. The second-order valence-electron chi connectivity index (χ2n) is 6.55. The molecule has 2 N–H and O–H groups in total. The molecule has 0 aliphatic rings. The topological polar surface area (TPSA) is 122 Å². The summed E-state index contributed by atoms with van der Waals surface area (Å²) in [5, 5.41) is 0. The fraction of sp³-hybridized carbons (Fsp3) is 0.316. The Morgan fingerprint density at radius 1 is 1.18 bits per heavy atom. The molecular weight excluding hydrogens is 384 g/mol. The first-order valence-electron chi connectivity index (χ1n) is 8.44. The lowest BCUT2D eigenvalue weighted by atomic mass is 10.0. The maximum absolute atomic E-state index is 12.7. The van der Waals surface area contributed by atoms with Crippen molar-refractivity contribution in [2.24, 2.45) is 0 Å². The predicted molar refractivity (Wildman–Crippen MR) is 104 cm³/mol. The monoisotopic (exact) mass is 406 g/mol. The first-order valence-corrected chi connectivity index (χ1v) is 10.3. The molecule has 0 saturated carbocycles. The largest absolute Gasteiger partial charge is 0.451 e. The molecule has 0 aliphatic heterocycles. The van der Waals surface area contributed by atoms with Crippen molar-refractivity contribution >= 4 is 33.2 Å². The van der Waals surface area contributed by atoms with Gasteiger partial charge in [0.05, 0.1) is 17.5 Å². The van der Waals surface area contributed by atoms with Gasteiger partial charge in [-0.15, -0.1) is 0 Å². The van der Waals surface area contributed by atoms with Gasteiger partial charge < -0.3 is 9.72 Å². The van der Waals surface area contributed by atoms with Crippen molar-refractivity contribution in [2.45, 2.75) is 33.8 Å². The number of sulfonamides is 1. The molecule has 150 valence electrons. The highest BCUT2D eigenvalue weighted by Crippen LogP contribution is 2.21. The highest BCUT2D eigenvalue weighted by molar-refractivity contribution is 7.92. The van der Waals surface area contributed by atoms with Gasteiger partial charge in [0.25, 0.3) is 0 Å². The Balaban J connectivity index is 2.19. The van der Waals surface area contributed by atoms with Crippen molar-refractivity contribution < 1.29 is 27.5 Å². The fourth-order valence-corrected chi connectivity index (χ4v) is 3.49. The van der Waals surface area contributed by atoms with Crippen LogP contribution in [0, 0.1) is 13.8 Å². The van der Waals surface area contributed by atoms with E-state index >= 15 is 0 Å². The van der Waals surface area contributed by atoms with E-state index in [1.54, 1.807) is 13.8 Å². The Bertz CT molecular complexity index is 1050. The maximum Gasteiger partial charge on any atom is 0.338 e. The number of Topliss-reactive ketones (excluding diaryl/α,β-unsaturated/α-hetero) is 2. The zero-order chi connectivity index (χ0) is 21.2. The average molecular weight is 406 g/mol. The number of carbonyl (C=O) groups excluding carboxylic acids is 3. The first kappa shape index (κ1) is 21.4. The number of aromatic nitrogens is 1. The molecule has 2 rings (SSSR count). The van der Waals surface area contributed by atoms with Gasteiger partial charge >= 0.3 is 5.97 Å². The van der Waals surface area contributed by atoms with Gasteiger partial charge in [-0.05, 0) is 51.5 Å². The number of hydrogen-bond donors (Lipinski definition) is 2. The molecule has 0 amide bonds. The van der Waals surface area contributed by atoms with Gasteiger partial charge in [0.15, 0.2) is 11.9 Å². The summed E-state index contributed by atoms with van der Waals surface area (Å²) in [5.41, 5.74) is 2.05. The molecule has 0 radical (unpaired) electrons. The molecule has 1 aromatic heterocycles. The average Bonchev–Trinajstić information content (AvgIpc) is 2.87. The van der Waals surface area contributed by atoms with Crippen molar-refractivity contribution in [1.29, 1.82) is 0 Å². The molecule has 9 heteroatoms. The summed E-state index contributed by atoms with van der Waals surface area (Å²) < 4.78 is 30.1. The predicted octanol–water partition coefficient (Wildman–Crippen LogP) is 2.63. The Labute approximate surface area is 163 Å². The first-order chi connectivity index (χ1) is 12.9. The van der Waals surface area contributed by atoms with Crippen LogP contribution in [0.3, 0.4) is 0 Å². The van der Waals surface area contributed by atoms with Gasteiger partial charge in [-0.25, -0.2) is 13.2 Å². The summed E-state index contributed by atoms with van der Waals surface area (Å²) in [6.45, 7) is 6.19. The third-order valence-electron chi connectivity index (χ3n) is 4.09. The van der Waals surface area contributed by atoms with Crippen molar-refractivity contribution in [3.05, 3.63) is 52.3 Å². The van der Waals surface area contributed by atoms with Crippen LogP contribution in [0.5, 0.6) is 0 Å². The quantitative estimate of drug-likeness (QED) is 0.538. The smallest absolute Gasteiger partial charge is 0.338 e. The fourth-order valence-electron chi connectivity index (χ4n) is 2.93. The number of H-pyrrole nitrogens is 1. The number of esters is 1. The summed E-state index contributed by atoms with van der Waals surface area (Å²) in [4.78, 5) is 39.6. The number of hydrogen-bond acceptors (Lipinski definition) is 6. The molecule has 1 heterocycles. The van der Waals surface area contributed by atoms with Crippen LogP contribution in [0.4, 0.5) is 5.69 Å². The van der Waals surface area contributed by atoms with E-state index in [2.05, 4.69) is 9.71 Å². The molecule has 28 heavy (non-hydrogen) atoms. The standard InChI is InChI=1S/C19H22N2O6S/c1-10-16(12(3)22)11(2)20-17(10)18(23)13(4)27-19(24)14-7-6-8-15(9-14)21-28(5,25)26/h6-9,13,20-21H,1-5H3. The van der Waals surface area contributed by atoms with Crippen LogP contribution in [-0.2, 0) is 14.8 Å². The lowest BCUT2D eigenvalue weighted by Gasteiger charge is -2.13. The summed E-state index contributed by atoms with van der Waals surface area (Å²) in [6.07, 6.45) is -0.107. The van der Waals surface area contributed by atoms with Gasteiger partial charge in [-0.2, -0.15) is 0 Å². The molecule has 2 aromatic rings. The van der Waals surface area contributed by atoms with Crippen molar-refractivity contribution in [2.75, 3.05) is 11.0 Å². The lowest BCUT2D eigenvalue weighted by molar-refractivity contribution is 0.0317. The molecule has 0 spiro atoms. The summed E-state index contributed by atoms with van der Waals surface area (Å²) >= 11 is 0. The van der Waals surface area contributed by atoms with Crippen LogP contribution in [0.15, 0.2) is 24.3 Å². The third kappa shape index (κ3) is 4.86. The number of ether oxygens (including phenoxy) is 1. The molecule has 0 fully saturated rings. The molecule has 0 aliphatic carbocycles. The second kappa shape index (κ2) is 7.97. The number of aromatic amines is 1. The normalized spacial score (nSPS) is 12.3. The zero-order valence-electron chi connectivity index (χ0n) is 16.2. The highest BCUT2D eigenvalue weighted by Gasteiger charge is 2.26. The molecule has 1 aromatic carbocycles. The minimum atomic E-state index is -3.49. The van der Waals surface area contributed by atoms with Crippen molar-refractivity contribution in [3.8, 4) is 0 Å². The Kier molecular flexibility index (Phi) is 6.08. The van der Waals surface area contributed by atoms with E-state index in [1.807, 2.05) is 0 Å². The minimum absolute atomic E-state index is 0.0945. The number of anilines is 1.